The van der Waals surface area contributed by atoms with E-state index in [0.29, 0.717) is 0 Å². The highest BCUT2D eigenvalue weighted by Crippen LogP contribution is 2.39. The number of fused-ring (bicyclic) bond motifs is 1. The van der Waals surface area contributed by atoms with Gasteiger partial charge >= 0.3 is 0 Å². The van der Waals surface area contributed by atoms with Gasteiger partial charge in [-0.3, -0.25) is 0 Å². The lowest BCUT2D eigenvalue weighted by Gasteiger charge is -2.00. The molecule has 0 aliphatic rings. The van der Waals surface area contributed by atoms with E-state index in [-0.39, 0.29) is 5.82 Å². The monoisotopic (exact) mass is 321 g/mol. The van der Waals surface area contributed by atoms with Crippen molar-refractivity contribution >= 4 is 38.6 Å². The third-order valence-electron chi connectivity index (χ3n) is 2.63. The minimum absolute atomic E-state index is 0.229. The third kappa shape index (κ3) is 2.18. The smallest absolute Gasteiger partial charge is 0.125 e. The molecule has 0 spiro atoms. The summed E-state index contributed by atoms with van der Waals surface area (Å²) in [5.41, 5.74) is 0.806. The fraction of sp³-hybridized carbons (Fsp3) is 0. The lowest BCUT2D eigenvalue weighted by Crippen LogP contribution is -1.74. The lowest BCUT2D eigenvalue weighted by atomic mass is 10.2. The molecule has 3 aromatic rings. The van der Waals surface area contributed by atoms with Crippen LogP contribution in [0, 0.1) is 5.82 Å². The van der Waals surface area contributed by atoms with Gasteiger partial charge in [0.05, 0.1) is 15.0 Å². The summed E-state index contributed by atoms with van der Waals surface area (Å²) in [6.45, 7) is 0. The second-order valence-corrected chi connectivity index (χ2v) is 5.75. The molecule has 0 aliphatic carbocycles. The molecule has 90 valence electrons. The highest BCUT2D eigenvalue weighted by Gasteiger charge is 2.11. The van der Waals surface area contributed by atoms with Crippen LogP contribution in [0.15, 0.2) is 62.9 Å². The average Bonchev–Trinajstić information content (AvgIpc) is 2.66. The van der Waals surface area contributed by atoms with E-state index >= 15 is 0 Å². The van der Waals surface area contributed by atoms with Gasteiger partial charge in [0.1, 0.15) is 5.82 Å². The molecule has 0 unspecified atom stereocenters. The number of aromatic nitrogens is 1. The highest BCUT2D eigenvalue weighted by molar-refractivity contribution is 9.10. The molecule has 0 saturated carbocycles. The number of hydrogen-bond donors (Lipinski definition) is 1. The highest BCUT2D eigenvalue weighted by atomic mass is 79.9. The van der Waals surface area contributed by atoms with Crippen LogP contribution in [0.1, 0.15) is 0 Å². The van der Waals surface area contributed by atoms with Gasteiger partial charge < -0.3 is 4.98 Å². The Morgan fingerprint density at radius 1 is 1.06 bits per heavy atom. The summed E-state index contributed by atoms with van der Waals surface area (Å²) >= 11 is 5.15. The maximum absolute atomic E-state index is 13.2. The van der Waals surface area contributed by atoms with Gasteiger partial charge in [-0.1, -0.05) is 30.0 Å². The second-order valence-electron chi connectivity index (χ2n) is 3.87. The number of nitrogens with one attached hydrogen (secondary N) is 1. The molecule has 2 aromatic carbocycles. The van der Waals surface area contributed by atoms with Gasteiger partial charge in [-0.05, 0) is 46.3 Å². The molecule has 0 radical (unpaired) electrons. The first-order chi connectivity index (χ1) is 8.74. The molecule has 0 saturated heterocycles. The van der Waals surface area contributed by atoms with Gasteiger partial charge in [0, 0.05) is 10.3 Å². The molecule has 1 heterocycles. The number of hydrogen-bond acceptors (Lipinski definition) is 1. The summed E-state index contributed by atoms with van der Waals surface area (Å²) in [6.07, 6.45) is 0. The molecule has 0 fully saturated rings. The molecule has 0 atom stereocenters. The Kier molecular flexibility index (Phi) is 3.14. The summed E-state index contributed by atoms with van der Waals surface area (Å²) < 4.78 is 14.0. The Morgan fingerprint density at radius 2 is 1.83 bits per heavy atom. The summed E-state index contributed by atoms with van der Waals surface area (Å²) in [5.74, 6) is -0.229. The molecule has 3 rings (SSSR count). The van der Waals surface area contributed by atoms with Gasteiger partial charge in [0.25, 0.3) is 0 Å². The Morgan fingerprint density at radius 3 is 2.61 bits per heavy atom. The molecule has 4 heteroatoms. The van der Waals surface area contributed by atoms with E-state index in [9.17, 15) is 4.39 Å². The fourth-order valence-corrected chi connectivity index (χ4v) is 3.44. The number of benzene rings is 2. The van der Waals surface area contributed by atoms with Crippen molar-refractivity contribution in [2.45, 2.75) is 9.79 Å². The van der Waals surface area contributed by atoms with Gasteiger partial charge in [0.2, 0.25) is 0 Å². The topological polar surface area (TPSA) is 15.8 Å². The van der Waals surface area contributed by atoms with Crippen LogP contribution in [0.5, 0.6) is 0 Å². The summed E-state index contributed by atoms with van der Waals surface area (Å²) in [6, 6.07) is 14.9. The molecular weight excluding hydrogens is 313 g/mol. The molecule has 18 heavy (non-hydrogen) atoms. The Bertz CT molecular complexity index is 694. The van der Waals surface area contributed by atoms with Crippen LogP contribution < -0.4 is 0 Å². The molecule has 1 nitrogen and oxygen atoms in total. The van der Waals surface area contributed by atoms with Crippen molar-refractivity contribution in [1.82, 2.24) is 4.98 Å². The van der Waals surface area contributed by atoms with Crippen molar-refractivity contribution in [2.24, 2.45) is 0 Å². The first kappa shape index (κ1) is 11.8. The average molecular weight is 322 g/mol. The van der Waals surface area contributed by atoms with Crippen LogP contribution in [0.2, 0.25) is 0 Å². The number of aromatic amines is 1. The summed E-state index contributed by atoms with van der Waals surface area (Å²) in [7, 11) is 0. The number of halogens is 2. The number of H-pyrrole nitrogens is 1. The van der Waals surface area contributed by atoms with Crippen molar-refractivity contribution in [2.75, 3.05) is 0 Å². The van der Waals surface area contributed by atoms with Crippen molar-refractivity contribution < 1.29 is 4.39 Å². The minimum atomic E-state index is -0.229. The van der Waals surface area contributed by atoms with Gasteiger partial charge in [-0.2, -0.15) is 0 Å². The zero-order valence-electron chi connectivity index (χ0n) is 9.28. The first-order valence-electron chi connectivity index (χ1n) is 5.43. The van der Waals surface area contributed by atoms with Gasteiger partial charge in [0.15, 0.2) is 0 Å². The molecule has 0 amide bonds. The van der Waals surface area contributed by atoms with Gasteiger partial charge in [-0.15, -0.1) is 0 Å². The van der Waals surface area contributed by atoms with E-state index in [1.54, 1.807) is 17.8 Å². The van der Waals surface area contributed by atoms with E-state index in [0.717, 1.165) is 25.3 Å². The SMILES string of the molecule is Fc1ccc2c(Sc3ccccc3)c(Br)[nH]c2c1. The van der Waals surface area contributed by atoms with Crippen LogP contribution in [0.25, 0.3) is 10.9 Å². The fourth-order valence-electron chi connectivity index (χ4n) is 1.82. The normalized spacial score (nSPS) is 11.0. The molecule has 1 aromatic heterocycles. The van der Waals surface area contributed by atoms with Crippen LogP contribution in [-0.4, -0.2) is 4.98 Å². The van der Waals surface area contributed by atoms with E-state index in [1.165, 1.54) is 12.1 Å². The van der Waals surface area contributed by atoms with Crippen molar-refractivity contribution in [3.8, 4) is 0 Å². The lowest BCUT2D eigenvalue weighted by molar-refractivity contribution is 0.629. The van der Waals surface area contributed by atoms with Crippen LogP contribution in [0.3, 0.4) is 0 Å². The first-order valence-corrected chi connectivity index (χ1v) is 7.04. The van der Waals surface area contributed by atoms with Crippen LogP contribution in [0.4, 0.5) is 4.39 Å². The Balaban J connectivity index is 2.09. The van der Waals surface area contributed by atoms with Crippen molar-refractivity contribution in [3.05, 3.63) is 59.0 Å². The Hall–Kier alpha value is -1.26. The maximum atomic E-state index is 13.2. The molecular formula is C14H9BrFNS. The van der Waals surface area contributed by atoms with E-state index in [2.05, 4.69) is 33.0 Å². The quantitative estimate of drug-likeness (QED) is 0.684. The molecule has 0 aliphatic heterocycles. The third-order valence-corrected chi connectivity index (χ3v) is 4.63. The van der Waals surface area contributed by atoms with Crippen molar-refractivity contribution in [1.29, 1.82) is 0 Å². The maximum Gasteiger partial charge on any atom is 0.125 e. The summed E-state index contributed by atoms with van der Waals surface area (Å²) in [4.78, 5) is 5.38. The van der Waals surface area contributed by atoms with E-state index < -0.39 is 0 Å². The largest absolute Gasteiger partial charge is 0.348 e. The molecule has 1 N–H and O–H groups in total. The predicted molar refractivity (Wildman–Crippen MR) is 76.5 cm³/mol. The van der Waals surface area contributed by atoms with E-state index in [4.69, 9.17) is 0 Å². The van der Waals surface area contributed by atoms with Crippen molar-refractivity contribution in [3.63, 3.8) is 0 Å². The standard InChI is InChI=1S/C14H9BrFNS/c15-14-13(18-10-4-2-1-3-5-10)11-7-6-9(16)8-12(11)17-14/h1-8,17H. The second kappa shape index (κ2) is 4.78. The van der Waals surface area contributed by atoms with E-state index in [1.807, 2.05) is 18.2 Å². The van der Waals surface area contributed by atoms with Crippen LogP contribution >= 0.6 is 27.7 Å². The zero-order chi connectivity index (χ0) is 12.5. The zero-order valence-corrected chi connectivity index (χ0v) is 11.7. The minimum Gasteiger partial charge on any atom is -0.348 e. The number of rotatable bonds is 2. The summed E-state index contributed by atoms with van der Waals surface area (Å²) in [5, 5.41) is 1.03. The van der Waals surface area contributed by atoms with Crippen LogP contribution in [-0.2, 0) is 0 Å². The van der Waals surface area contributed by atoms with Gasteiger partial charge in [-0.25, -0.2) is 4.39 Å². The molecule has 0 bridgehead atoms. The predicted octanol–water partition coefficient (Wildman–Crippen LogP) is 5.22. The Labute approximate surface area is 117 Å².